The van der Waals surface area contributed by atoms with Crippen LogP contribution >= 0.6 is 12.4 Å². The van der Waals surface area contributed by atoms with Gasteiger partial charge in [-0.05, 0) is 32.2 Å². The normalized spacial score (nSPS) is 23.4. The number of hydrogen-bond donors (Lipinski definition) is 2. The van der Waals surface area contributed by atoms with E-state index < -0.39 is 10.0 Å². The lowest BCUT2D eigenvalue weighted by Crippen LogP contribution is -2.44. The minimum atomic E-state index is -3.50. The highest BCUT2D eigenvalue weighted by Gasteiger charge is 2.30. The molecule has 1 aromatic heterocycles. The molecule has 116 valence electrons. The Bertz CT molecular complexity index is 544. The molecule has 2 unspecified atom stereocenters. The molecule has 1 aliphatic rings. The van der Waals surface area contributed by atoms with E-state index in [0.29, 0.717) is 12.2 Å². The first kappa shape index (κ1) is 17.4. The van der Waals surface area contributed by atoms with Crippen LogP contribution in [0.15, 0.2) is 11.1 Å². The minimum absolute atomic E-state index is 0. The molecule has 0 bridgehead atoms. The summed E-state index contributed by atoms with van der Waals surface area (Å²) < 4.78 is 29.2. The van der Waals surface area contributed by atoms with Crippen LogP contribution in [0.5, 0.6) is 0 Å². The highest BCUT2D eigenvalue weighted by molar-refractivity contribution is 7.89. The molecule has 8 heteroatoms. The third-order valence-corrected chi connectivity index (χ3v) is 5.59. The topological polar surface area (TPSA) is 90.0 Å². The van der Waals surface area contributed by atoms with Crippen molar-refractivity contribution >= 4 is 22.4 Å². The molecule has 0 aromatic carbocycles. The number of nitrogens with zero attached hydrogens (tertiary/aromatic N) is 2. The molecule has 0 saturated heterocycles. The summed E-state index contributed by atoms with van der Waals surface area (Å²) in [7, 11) is -1.77. The van der Waals surface area contributed by atoms with Crippen LogP contribution in [-0.4, -0.2) is 30.8 Å². The van der Waals surface area contributed by atoms with Crippen molar-refractivity contribution in [2.45, 2.75) is 43.5 Å². The molecule has 6 nitrogen and oxygen atoms in total. The lowest BCUT2D eigenvalue weighted by Gasteiger charge is -2.30. The SMILES string of the molecule is Cc1c(S(=O)(=O)NC2CCCCC2CN)cnn1C.Cl. The van der Waals surface area contributed by atoms with E-state index in [4.69, 9.17) is 5.73 Å². The van der Waals surface area contributed by atoms with Gasteiger partial charge in [0, 0.05) is 13.1 Å². The van der Waals surface area contributed by atoms with Gasteiger partial charge in [-0.3, -0.25) is 4.68 Å². The molecule has 1 aliphatic carbocycles. The van der Waals surface area contributed by atoms with Crippen LogP contribution in [0.2, 0.25) is 0 Å². The Morgan fingerprint density at radius 3 is 2.65 bits per heavy atom. The molecular formula is C12H23ClN4O2S. The summed E-state index contributed by atoms with van der Waals surface area (Å²) in [6, 6.07) is -0.0524. The largest absolute Gasteiger partial charge is 0.330 e. The average Bonchev–Trinajstić information content (AvgIpc) is 2.71. The summed E-state index contributed by atoms with van der Waals surface area (Å²) in [6.45, 7) is 2.28. The molecule has 3 N–H and O–H groups in total. The standard InChI is InChI=1S/C12H22N4O2S.ClH/c1-9-12(8-14-16(9)2)19(17,18)15-11-6-4-3-5-10(11)7-13;/h8,10-11,15H,3-7,13H2,1-2H3;1H. The maximum Gasteiger partial charge on any atom is 0.244 e. The van der Waals surface area contributed by atoms with Crippen molar-refractivity contribution in [3.8, 4) is 0 Å². The van der Waals surface area contributed by atoms with E-state index >= 15 is 0 Å². The Hall–Kier alpha value is -0.630. The monoisotopic (exact) mass is 322 g/mol. The fraction of sp³-hybridized carbons (Fsp3) is 0.750. The van der Waals surface area contributed by atoms with Crippen LogP contribution in [0.4, 0.5) is 0 Å². The predicted octanol–water partition coefficient (Wildman–Crippen LogP) is 0.946. The molecule has 2 rings (SSSR count). The number of aryl methyl sites for hydroxylation is 1. The van der Waals surface area contributed by atoms with Gasteiger partial charge in [0.1, 0.15) is 4.90 Å². The van der Waals surface area contributed by atoms with Crippen molar-refractivity contribution in [2.24, 2.45) is 18.7 Å². The fourth-order valence-corrected chi connectivity index (χ4v) is 4.19. The third-order valence-electron chi connectivity index (χ3n) is 4.00. The lowest BCUT2D eigenvalue weighted by atomic mass is 9.85. The van der Waals surface area contributed by atoms with Gasteiger partial charge >= 0.3 is 0 Å². The quantitative estimate of drug-likeness (QED) is 0.863. The van der Waals surface area contributed by atoms with Gasteiger partial charge in [-0.15, -0.1) is 12.4 Å². The van der Waals surface area contributed by atoms with Gasteiger partial charge in [-0.1, -0.05) is 12.8 Å². The van der Waals surface area contributed by atoms with Crippen molar-refractivity contribution < 1.29 is 8.42 Å². The van der Waals surface area contributed by atoms with Crippen LogP contribution in [0.3, 0.4) is 0 Å². The fourth-order valence-electron chi connectivity index (χ4n) is 2.65. The summed E-state index contributed by atoms with van der Waals surface area (Å²) in [5.74, 6) is 0.237. The second kappa shape index (κ2) is 6.89. The minimum Gasteiger partial charge on any atom is -0.330 e. The highest BCUT2D eigenvalue weighted by atomic mass is 35.5. The summed E-state index contributed by atoms with van der Waals surface area (Å²) >= 11 is 0. The maximum absolute atomic E-state index is 12.4. The first-order valence-electron chi connectivity index (χ1n) is 6.66. The van der Waals surface area contributed by atoms with E-state index in [9.17, 15) is 8.42 Å². The Balaban J connectivity index is 0.00000200. The molecule has 1 heterocycles. The molecular weight excluding hydrogens is 300 g/mol. The Labute approximate surface area is 126 Å². The Kier molecular flexibility index (Phi) is 6.00. The zero-order valence-electron chi connectivity index (χ0n) is 11.9. The van der Waals surface area contributed by atoms with Crippen LogP contribution in [0.25, 0.3) is 0 Å². The van der Waals surface area contributed by atoms with Gasteiger partial charge in [-0.25, -0.2) is 13.1 Å². The van der Waals surface area contributed by atoms with E-state index in [0.717, 1.165) is 25.7 Å². The zero-order chi connectivity index (χ0) is 14.0. The van der Waals surface area contributed by atoms with E-state index in [-0.39, 0.29) is 29.3 Å². The summed E-state index contributed by atoms with van der Waals surface area (Å²) in [5.41, 5.74) is 6.38. The molecule has 1 aromatic rings. The second-order valence-electron chi connectivity index (χ2n) is 5.23. The Morgan fingerprint density at radius 1 is 1.45 bits per heavy atom. The molecule has 0 aliphatic heterocycles. The molecule has 0 radical (unpaired) electrons. The van der Waals surface area contributed by atoms with Crippen molar-refractivity contribution in [2.75, 3.05) is 6.54 Å². The van der Waals surface area contributed by atoms with E-state index in [1.807, 2.05) is 0 Å². The number of hydrogen-bond acceptors (Lipinski definition) is 4. The van der Waals surface area contributed by atoms with Crippen molar-refractivity contribution in [3.63, 3.8) is 0 Å². The molecule has 0 amide bonds. The van der Waals surface area contributed by atoms with Gasteiger partial charge in [0.2, 0.25) is 10.0 Å². The first-order valence-corrected chi connectivity index (χ1v) is 8.15. The van der Waals surface area contributed by atoms with Gasteiger partial charge < -0.3 is 5.73 Å². The van der Waals surface area contributed by atoms with Crippen molar-refractivity contribution in [1.29, 1.82) is 0 Å². The molecule has 2 atom stereocenters. The van der Waals surface area contributed by atoms with E-state index in [1.54, 1.807) is 18.7 Å². The van der Waals surface area contributed by atoms with Crippen LogP contribution in [0.1, 0.15) is 31.4 Å². The molecule has 1 saturated carbocycles. The lowest BCUT2D eigenvalue weighted by molar-refractivity contribution is 0.296. The van der Waals surface area contributed by atoms with E-state index in [1.165, 1.54) is 6.20 Å². The predicted molar refractivity (Wildman–Crippen MR) is 80.3 cm³/mol. The number of sulfonamides is 1. The highest BCUT2D eigenvalue weighted by Crippen LogP contribution is 2.25. The summed E-state index contributed by atoms with van der Waals surface area (Å²) in [5, 5.41) is 3.99. The first-order chi connectivity index (χ1) is 8.95. The number of nitrogens with one attached hydrogen (secondary N) is 1. The van der Waals surface area contributed by atoms with Gasteiger partial charge in [-0.2, -0.15) is 5.10 Å². The van der Waals surface area contributed by atoms with Crippen molar-refractivity contribution in [3.05, 3.63) is 11.9 Å². The summed E-state index contributed by atoms with van der Waals surface area (Å²) in [6.07, 6.45) is 5.44. The molecule has 20 heavy (non-hydrogen) atoms. The van der Waals surface area contributed by atoms with Gasteiger partial charge in [0.15, 0.2) is 0 Å². The third kappa shape index (κ3) is 3.52. The number of aromatic nitrogens is 2. The molecule has 1 fully saturated rings. The van der Waals surface area contributed by atoms with E-state index in [2.05, 4.69) is 9.82 Å². The van der Waals surface area contributed by atoms with Gasteiger partial charge in [0.05, 0.1) is 11.9 Å². The van der Waals surface area contributed by atoms with Crippen LogP contribution in [0, 0.1) is 12.8 Å². The number of halogens is 1. The molecule has 0 spiro atoms. The van der Waals surface area contributed by atoms with Crippen LogP contribution < -0.4 is 10.5 Å². The van der Waals surface area contributed by atoms with Gasteiger partial charge in [0.25, 0.3) is 0 Å². The Morgan fingerprint density at radius 2 is 2.10 bits per heavy atom. The average molecular weight is 323 g/mol. The zero-order valence-corrected chi connectivity index (χ0v) is 13.5. The smallest absolute Gasteiger partial charge is 0.244 e. The second-order valence-corrected chi connectivity index (χ2v) is 6.91. The number of rotatable bonds is 4. The van der Waals surface area contributed by atoms with Crippen molar-refractivity contribution in [1.82, 2.24) is 14.5 Å². The number of nitrogens with two attached hydrogens (primary N) is 1. The summed E-state index contributed by atoms with van der Waals surface area (Å²) in [4.78, 5) is 0.261. The van der Waals surface area contributed by atoms with Crippen LogP contribution in [-0.2, 0) is 17.1 Å². The maximum atomic E-state index is 12.4.